The van der Waals surface area contributed by atoms with Crippen LogP contribution in [-0.4, -0.2) is 31.8 Å². The monoisotopic (exact) mass is 446 g/mol. The maximum atomic E-state index is 12.3. The number of hydrogen-bond donors (Lipinski definition) is 0. The van der Waals surface area contributed by atoms with E-state index in [2.05, 4.69) is 0 Å². The van der Waals surface area contributed by atoms with Gasteiger partial charge in [-0.3, -0.25) is 4.79 Å². The van der Waals surface area contributed by atoms with E-state index in [9.17, 15) is 14.4 Å². The van der Waals surface area contributed by atoms with Crippen LogP contribution in [0.2, 0.25) is 0 Å². The Bertz CT molecular complexity index is 770. The van der Waals surface area contributed by atoms with Crippen molar-refractivity contribution in [2.24, 2.45) is 0 Å². The van der Waals surface area contributed by atoms with Crippen molar-refractivity contribution < 1.29 is 28.6 Å². The summed E-state index contributed by atoms with van der Waals surface area (Å²) in [6.45, 7) is 1.53. The topological polar surface area (TPSA) is 78.9 Å². The Balaban J connectivity index is 1.54. The van der Waals surface area contributed by atoms with E-state index in [1.807, 2.05) is 6.07 Å². The highest BCUT2D eigenvalue weighted by Crippen LogP contribution is 2.41. The summed E-state index contributed by atoms with van der Waals surface area (Å²) in [5.74, 6) is 1.17. The Morgan fingerprint density at radius 1 is 0.844 bits per heavy atom. The van der Waals surface area contributed by atoms with Gasteiger partial charge in [-0.25, -0.2) is 4.79 Å². The number of carbonyl (C=O) groups is 3. The second kappa shape index (κ2) is 13.9. The molecule has 0 unspecified atom stereocenters. The van der Waals surface area contributed by atoms with Gasteiger partial charge in [0.2, 0.25) is 0 Å². The fourth-order valence-corrected chi connectivity index (χ4v) is 4.16. The van der Waals surface area contributed by atoms with Gasteiger partial charge in [-0.15, -0.1) is 0 Å². The SMILES string of the molecule is COc1cc(OC)c2c(c1)[C@H](CCCCCCCCCCCC(=O)CCC(C)=O)OC2=O. The molecule has 0 aromatic heterocycles. The Morgan fingerprint density at radius 2 is 1.47 bits per heavy atom. The molecular weight excluding hydrogens is 408 g/mol. The van der Waals surface area contributed by atoms with Gasteiger partial charge in [-0.05, 0) is 32.3 Å². The molecule has 2 rings (SSSR count). The third-order valence-electron chi connectivity index (χ3n) is 6.04. The van der Waals surface area contributed by atoms with Crippen molar-refractivity contribution >= 4 is 17.5 Å². The van der Waals surface area contributed by atoms with E-state index >= 15 is 0 Å². The van der Waals surface area contributed by atoms with Gasteiger partial charge in [0.1, 0.15) is 34.7 Å². The molecule has 0 saturated carbocycles. The van der Waals surface area contributed by atoms with E-state index in [1.165, 1.54) is 39.0 Å². The van der Waals surface area contributed by atoms with Gasteiger partial charge >= 0.3 is 5.97 Å². The Morgan fingerprint density at radius 3 is 2.06 bits per heavy atom. The Hall–Kier alpha value is -2.37. The lowest BCUT2D eigenvalue weighted by Gasteiger charge is -2.12. The summed E-state index contributed by atoms with van der Waals surface area (Å²) >= 11 is 0. The molecule has 0 N–H and O–H groups in total. The molecule has 6 heteroatoms. The van der Waals surface area contributed by atoms with Gasteiger partial charge in [0.15, 0.2) is 0 Å². The molecule has 1 aromatic rings. The first-order valence-electron chi connectivity index (χ1n) is 11.9. The van der Waals surface area contributed by atoms with Crippen LogP contribution in [0.25, 0.3) is 0 Å². The minimum Gasteiger partial charge on any atom is -0.497 e. The number of benzene rings is 1. The molecule has 0 radical (unpaired) electrons. The molecule has 1 heterocycles. The van der Waals surface area contributed by atoms with Crippen LogP contribution < -0.4 is 9.47 Å². The minimum absolute atomic E-state index is 0.0906. The zero-order valence-corrected chi connectivity index (χ0v) is 19.9. The molecule has 178 valence electrons. The fourth-order valence-electron chi connectivity index (χ4n) is 4.16. The number of Topliss-reactive ketones (excluding diaryl/α,β-unsaturated/α-hetero) is 2. The smallest absolute Gasteiger partial charge is 0.342 e. The molecule has 1 aliphatic heterocycles. The average Bonchev–Trinajstić information content (AvgIpc) is 3.10. The number of fused-ring (bicyclic) bond motifs is 1. The highest BCUT2D eigenvalue weighted by molar-refractivity contribution is 5.97. The van der Waals surface area contributed by atoms with Crippen LogP contribution in [0.3, 0.4) is 0 Å². The number of methoxy groups -OCH3 is 2. The molecule has 1 aliphatic rings. The van der Waals surface area contributed by atoms with Gasteiger partial charge in [0, 0.05) is 30.9 Å². The summed E-state index contributed by atoms with van der Waals surface area (Å²) < 4.78 is 16.3. The molecule has 0 spiro atoms. The number of unbranched alkanes of at least 4 members (excludes halogenated alkanes) is 8. The summed E-state index contributed by atoms with van der Waals surface area (Å²) in [5.41, 5.74) is 1.39. The number of hydrogen-bond acceptors (Lipinski definition) is 6. The summed E-state index contributed by atoms with van der Waals surface area (Å²) in [5, 5.41) is 0. The van der Waals surface area contributed by atoms with Crippen LogP contribution in [0.15, 0.2) is 12.1 Å². The number of esters is 1. The van der Waals surface area contributed by atoms with E-state index in [1.54, 1.807) is 20.3 Å². The zero-order chi connectivity index (χ0) is 23.3. The predicted octanol–water partition coefficient (Wildman–Crippen LogP) is 6.14. The van der Waals surface area contributed by atoms with Gasteiger partial charge in [0.25, 0.3) is 0 Å². The summed E-state index contributed by atoms with van der Waals surface area (Å²) in [6.07, 6.45) is 12.1. The van der Waals surface area contributed by atoms with Crippen LogP contribution in [0.5, 0.6) is 11.5 Å². The molecule has 0 amide bonds. The van der Waals surface area contributed by atoms with E-state index in [-0.39, 0.29) is 23.6 Å². The molecule has 0 fully saturated rings. The van der Waals surface area contributed by atoms with Crippen LogP contribution >= 0.6 is 0 Å². The van der Waals surface area contributed by atoms with E-state index in [0.29, 0.717) is 36.3 Å². The number of carbonyl (C=O) groups excluding carboxylic acids is 3. The van der Waals surface area contributed by atoms with Crippen LogP contribution in [0.1, 0.15) is 112 Å². The Labute approximate surface area is 192 Å². The second-order valence-corrected chi connectivity index (χ2v) is 8.65. The highest BCUT2D eigenvalue weighted by Gasteiger charge is 2.34. The number of cyclic esters (lactones) is 1. The van der Waals surface area contributed by atoms with Crippen molar-refractivity contribution in [3.63, 3.8) is 0 Å². The van der Waals surface area contributed by atoms with Crippen LogP contribution in [-0.2, 0) is 14.3 Å². The van der Waals surface area contributed by atoms with Gasteiger partial charge in [-0.1, -0.05) is 44.9 Å². The maximum Gasteiger partial charge on any atom is 0.342 e. The third kappa shape index (κ3) is 8.29. The first-order valence-corrected chi connectivity index (χ1v) is 11.9. The van der Waals surface area contributed by atoms with E-state index in [0.717, 1.165) is 37.7 Å². The Kier molecular flexibility index (Phi) is 11.3. The number of rotatable bonds is 17. The maximum absolute atomic E-state index is 12.3. The van der Waals surface area contributed by atoms with Crippen molar-refractivity contribution in [2.75, 3.05) is 14.2 Å². The lowest BCUT2D eigenvalue weighted by Crippen LogP contribution is -2.01. The lowest BCUT2D eigenvalue weighted by molar-refractivity contribution is -0.123. The van der Waals surface area contributed by atoms with Crippen LogP contribution in [0, 0.1) is 0 Å². The normalized spacial score (nSPS) is 14.7. The van der Waals surface area contributed by atoms with Crippen molar-refractivity contribution in [3.05, 3.63) is 23.3 Å². The van der Waals surface area contributed by atoms with Gasteiger partial charge < -0.3 is 19.0 Å². The molecule has 6 nitrogen and oxygen atoms in total. The average molecular weight is 447 g/mol. The standard InChI is InChI=1S/C26H38O6/c1-19(27)15-16-20(28)13-11-9-7-5-4-6-8-10-12-14-23-22-17-21(30-2)18-24(31-3)25(22)26(29)32-23/h17-18,23H,4-16H2,1-3H3/t23-/m0/s1. The van der Waals surface area contributed by atoms with Crippen molar-refractivity contribution in [3.8, 4) is 11.5 Å². The molecule has 0 saturated heterocycles. The number of ether oxygens (including phenoxy) is 3. The summed E-state index contributed by atoms with van der Waals surface area (Å²) in [4.78, 5) is 34.8. The minimum atomic E-state index is -0.315. The second-order valence-electron chi connectivity index (χ2n) is 8.65. The number of ketones is 2. The molecule has 1 aromatic carbocycles. The van der Waals surface area contributed by atoms with Gasteiger partial charge in [0.05, 0.1) is 14.2 Å². The van der Waals surface area contributed by atoms with Crippen molar-refractivity contribution in [2.45, 2.75) is 96.5 Å². The molecule has 32 heavy (non-hydrogen) atoms. The summed E-state index contributed by atoms with van der Waals surface area (Å²) in [7, 11) is 3.15. The first-order chi connectivity index (χ1) is 15.5. The fraction of sp³-hybridized carbons (Fsp3) is 0.654. The van der Waals surface area contributed by atoms with E-state index < -0.39 is 0 Å². The van der Waals surface area contributed by atoms with E-state index in [4.69, 9.17) is 14.2 Å². The third-order valence-corrected chi connectivity index (χ3v) is 6.04. The largest absolute Gasteiger partial charge is 0.497 e. The zero-order valence-electron chi connectivity index (χ0n) is 19.9. The van der Waals surface area contributed by atoms with Crippen molar-refractivity contribution in [1.82, 2.24) is 0 Å². The van der Waals surface area contributed by atoms with Crippen LogP contribution in [0.4, 0.5) is 0 Å². The van der Waals surface area contributed by atoms with Crippen molar-refractivity contribution in [1.29, 1.82) is 0 Å². The summed E-state index contributed by atoms with van der Waals surface area (Å²) in [6, 6.07) is 3.60. The molecule has 1 atom stereocenters. The molecule has 0 bridgehead atoms. The first kappa shape index (κ1) is 25.9. The van der Waals surface area contributed by atoms with Gasteiger partial charge in [-0.2, -0.15) is 0 Å². The predicted molar refractivity (Wildman–Crippen MR) is 123 cm³/mol. The quantitative estimate of drug-likeness (QED) is 0.211. The lowest BCUT2D eigenvalue weighted by atomic mass is 9.98. The highest BCUT2D eigenvalue weighted by atomic mass is 16.6. The molecular formula is C26H38O6. The molecule has 0 aliphatic carbocycles.